The lowest BCUT2D eigenvalue weighted by atomic mass is 9.76. The molecule has 5 rings (SSSR count). The Kier molecular flexibility index (Phi) is 10.8. The summed E-state index contributed by atoms with van der Waals surface area (Å²) >= 11 is 0. The van der Waals surface area contributed by atoms with Crippen molar-refractivity contribution < 1.29 is 33.4 Å². The zero-order chi connectivity index (χ0) is 36.4. The van der Waals surface area contributed by atoms with Gasteiger partial charge < -0.3 is 25.0 Å². The summed E-state index contributed by atoms with van der Waals surface area (Å²) in [6.07, 6.45) is 4.28. The van der Waals surface area contributed by atoms with Gasteiger partial charge in [0.15, 0.2) is 0 Å². The van der Waals surface area contributed by atoms with Crippen LogP contribution in [0.4, 0.5) is 4.79 Å². The number of hydrazine groups is 1. The van der Waals surface area contributed by atoms with Crippen LogP contribution < -0.4 is 16.1 Å². The smallest absolute Gasteiger partial charge is 0.410 e. The van der Waals surface area contributed by atoms with Crippen LogP contribution >= 0.6 is 0 Å². The third-order valence-corrected chi connectivity index (χ3v) is 9.50. The van der Waals surface area contributed by atoms with Gasteiger partial charge in [0.05, 0.1) is 16.6 Å². The van der Waals surface area contributed by atoms with E-state index in [2.05, 4.69) is 16.1 Å². The summed E-state index contributed by atoms with van der Waals surface area (Å²) in [6.45, 7) is 13.3. The minimum atomic E-state index is -1.05. The highest BCUT2D eigenvalue weighted by Crippen LogP contribution is 2.36. The molecule has 270 valence electrons. The summed E-state index contributed by atoms with van der Waals surface area (Å²) in [5, 5.41) is 8.02. The van der Waals surface area contributed by atoms with E-state index < -0.39 is 59.1 Å². The molecule has 1 aromatic carbocycles. The van der Waals surface area contributed by atoms with Gasteiger partial charge in [0.2, 0.25) is 11.8 Å². The molecule has 4 heterocycles. The number of nitrogens with zero attached hydrogens (tertiary/aromatic N) is 3. The Morgan fingerprint density at radius 2 is 1.72 bits per heavy atom. The number of piperidine rings is 1. The fourth-order valence-electron chi connectivity index (χ4n) is 6.47. The average Bonchev–Trinajstić information content (AvgIpc) is 3.07. The van der Waals surface area contributed by atoms with Crippen LogP contribution in [0.1, 0.15) is 91.5 Å². The van der Waals surface area contributed by atoms with Crippen LogP contribution in [0.2, 0.25) is 0 Å². The predicted molar refractivity (Wildman–Crippen MR) is 187 cm³/mol. The Morgan fingerprint density at radius 1 is 1.02 bits per heavy atom. The number of likely N-dealkylation sites (tertiary alicyclic amines) is 1. The third-order valence-electron chi connectivity index (χ3n) is 9.50. The van der Waals surface area contributed by atoms with Crippen molar-refractivity contribution in [2.75, 3.05) is 19.6 Å². The fraction of sp³-hybridized carbons (Fsp3) is 0.568. The zero-order valence-electron chi connectivity index (χ0n) is 30.1. The summed E-state index contributed by atoms with van der Waals surface area (Å²) in [4.78, 5) is 74.0. The lowest BCUT2D eigenvalue weighted by molar-refractivity contribution is -0.157. The van der Waals surface area contributed by atoms with E-state index >= 15 is 0 Å². The van der Waals surface area contributed by atoms with Crippen molar-refractivity contribution in [2.45, 2.75) is 104 Å². The molecule has 0 aliphatic carbocycles. The van der Waals surface area contributed by atoms with Crippen LogP contribution in [0.5, 0.6) is 0 Å². The number of esters is 1. The van der Waals surface area contributed by atoms with Crippen molar-refractivity contribution in [2.24, 2.45) is 11.3 Å². The van der Waals surface area contributed by atoms with E-state index in [1.165, 1.54) is 5.01 Å². The molecule has 2 saturated heterocycles. The molecule has 4 amide bonds. The van der Waals surface area contributed by atoms with E-state index in [1.54, 1.807) is 18.7 Å². The number of carbonyl (C=O) groups excluding carboxylic acids is 5. The highest BCUT2D eigenvalue weighted by atomic mass is 16.6. The number of aromatic nitrogens is 1. The second-order valence-electron chi connectivity index (χ2n) is 15.0. The molecule has 13 heteroatoms. The van der Waals surface area contributed by atoms with Crippen LogP contribution in [0.3, 0.4) is 0 Å². The van der Waals surface area contributed by atoms with Gasteiger partial charge in [-0.1, -0.05) is 44.2 Å². The van der Waals surface area contributed by atoms with Gasteiger partial charge in [-0.2, -0.15) is 0 Å². The molecule has 0 radical (unpaired) electrons. The van der Waals surface area contributed by atoms with E-state index in [0.717, 1.165) is 10.9 Å². The summed E-state index contributed by atoms with van der Waals surface area (Å²) in [6, 6.07) is 6.89. The molecule has 3 aliphatic heterocycles. The van der Waals surface area contributed by atoms with Gasteiger partial charge in [-0.3, -0.25) is 24.2 Å². The largest absolute Gasteiger partial charge is 0.455 e. The van der Waals surface area contributed by atoms with Gasteiger partial charge in [0.1, 0.15) is 29.8 Å². The number of amides is 4. The minimum Gasteiger partial charge on any atom is -0.455 e. The van der Waals surface area contributed by atoms with E-state index in [-0.39, 0.29) is 24.9 Å². The van der Waals surface area contributed by atoms with Gasteiger partial charge in [-0.15, -0.1) is 0 Å². The maximum absolute atomic E-state index is 14.3. The topological polar surface area (TPSA) is 159 Å². The quantitative estimate of drug-likeness (QED) is 0.376. The second-order valence-corrected chi connectivity index (χ2v) is 15.0. The fourth-order valence-corrected chi connectivity index (χ4v) is 6.47. The monoisotopic (exact) mass is 690 g/mol. The molecule has 0 saturated carbocycles. The molecule has 5 bridgehead atoms. The number of carbonyl (C=O) groups is 5. The highest BCUT2D eigenvalue weighted by molar-refractivity contribution is 5.94. The third kappa shape index (κ3) is 8.43. The molecule has 3 N–H and O–H groups in total. The normalized spacial score (nSPS) is 25.4. The number of benzene rings is 1. The lowest BCUT2D eigenvalue weighted by Gasteiger charge is -2.40. The SMILES string of the molecule is CC(C)[C@@H]1NC(=O)C2(C=Cc3ccc4ccc(nc4c3)[C@@H](C)OC(=O)[C@@H]3CCCN(N3)C(=O)[C@H](C)NC1=O)CCN(C(=O)OC(C)(C)C)CC2. The Balaban J connectivity index is 1.51. The predicted octanol–water partition coefficient (Wildman–Crippen LogP) is 4.02. The Bertz CT molecular complexity index is 1660. The standard InChI is InChI=1S/C37H50N6O7/c1-22(2)30-31(44)38-23(3)32(45)43-18-8-9-28(41-43)33(46)49-24(4)27-13-12-26-11-10-25(21-29(26)39-27)14-15-37(34(47)40-30)16-19-42(20-17-37)35(48)50-36(5,6)7/h10-15,21-24,28,30,41H,8-9,16-20H2,1-7H3,(H,38,44)(H,40,47)/t23-,24+,28-,30-/m0/s1. The number of fused-ring (bicyclic) bond motifs is 4. The van der Waals surface area contributed by atoms with Crippen LogP contribution in [0, 0.1) is 11.3 Å². The van der Waals surface area contributed by atoms with Crippen molar-refractivity contribution in [3.05, 3.63) is 47.7 Å². The second kappa shape index (κ2) is 14.8. The lowest BCUT2D eigenvalue weighted by Crippen LogP contribution is -2.61. The number of rotatable bonds is 1. The molecule has 2 fully saturated rings. The highest BCUT2D eigenvalue weighted by Gasteiger charge is 2.43. The summed E-state index contributed by atoms with van der Waals surface area (Å²) < 4.78 is 11.4. The molecule has 13 nitrogen and oxygen atoms in total. The van der Waals surface area contributed by atoms with E-state index in [1.807, 2.05) is 77.1 Å². The average molecular weight is 691 g/mol. The molecule has 3 aliphatic rings. The van der Waals surface area contributed by atoms with Crippen molar-refractivity contribution in [3.8, 4) is 0 Å². The first-order valence-corrected chi connectivity index (χ1v) is 17.5. The first-order valence-electron chi connectivity index (χ1n) is 17.5. The van der Waals surface area contributed by atoms with Crippen molar-refractivity contribution in [1.82, 2.24) is 31.0 Å². The maximum atomic E-state index is 14.3. The van der Waals surface area contributed by atoms with E-state index in [0.29, 0.717) is 43.4 Å². The maximum Gasteiger partial charge on any atom is 0.410 e. The van der Waals surface area contributed by atoms with Crippen molar-refractivity contribution in [3.63, 3.8) is 0 Å². The van der Waals surface area contributed by atoms with Gasteiger partial charge in [0.25, 0.3) is 5.91 Å². The van der Waals surface area contributed by atoms with Gasteiger partial charge in [0, 0.05) is 25.0 Å². The number of cyclic esters (lactones) is 1. The molecule has 1 aromatic heterocycles. The number of nitrogens with one attached hydrogen (secondary N) is 3. The first kappa shape index (κ1) is 36.8. The van der Waals surface area contributed by atoms with Crippen LogP contribution in [0.25, 0.3) is 17.0 Å². The summed E-state index contributed by atoms with van der Waals surface area (Å²) in [7, 11) is 0. The molecule has 0 unspecified atom stereocenters. The number of pyridine rings is 1. The Labute approximate surface area is 293 Å². The molecule has 4 atom stereocenters. The Hall–Kier alpha value is -4.52. The number of ether oxygens (including phenoxy) is 2. The summed E-state index contributed by atoms with van der Waals surface area (Å²) in [5.41, 5.74) is 3.34. The zero-order valence-corrected chi connectivity index (χ0v) is 30.1. The first-order chi connectivity index (χ1) is 23.5. The van der Waals surface area contributed by atoms with Crippen molar-refractivity contribution in [1.29, 1.82) is 0 Å². The summed E-state index contributed by atoms with van der Waals surface area (Å²) in [5.74, 6) is -2.06. The number of hydrogen-bond donors (Lipinski definition) is 3. The van der Waals surface area contributed by atoms with Gasteiger partial charge in [-0.25, -0.2) is 15.2 Å². The van der Waals surface area contributed by atoms with Crippen LogP contribution in [0.15, 0.2) is 36.4 Å². The molecular formula is C37H50N6O7. The van der Waals surface area contributed by atoms with Crippen molar-refractivity contribution >= 4 is 46.8 Å². The van der Waals surface area contributed by atoms with Gasteiger partial charge in [-0.05, 0) is 83.9 Å². The molecule has 50 heavy (non-hydrogen) atoms. The van der Waals surface area contributed by atoms with E-state index in [4.69, 9.17) is 14.5 Å². The molecular weight excluding hydrogens is 640 g/mol. The minimum absolute atomic E-state index is 0.278. The molecule has 2 aromatic rings. The molecule has 1 spiro atoms. The van der Waals surface area contributed by atoms with Crippen LogP contribution in [-0.2, 0) is 28.7 Å². The number of hydrogen-bond acceptors (Lipinski definition) is 9. The van der Waals surface area contributed by atoms with Gasteiger partial charge >= 0.3 is 12.1 Å². The Morgan fingerprint density at radius 3 is 2.40 bits per heavy atom. The van der Waals surface area contributed by atoms with E-state index in [9.17, 15) is 24.0 Å². The van der Waals surface area contributed by atoms with Crippen LogP contribution in [-0.4, -0.2) is 88.0 Å².